The summed E-state index contributed by atoms with van der Waals surface area (Å²) in [6.07, 6.45) is 5.20. The zero-order valence-corrected chi connectivity index (χ0v) is 8.54. The molecule has 0 unspecified atom stereocenters. The molecule has 2 aromatic rings. The van der Waals surface area contributed by atoms with E-state index in [1.165, 1.54) is 0 Å². The van der Waals surface area contributed by atoms with Crippen LogP contribution in [0.2, 0.25) is 0 Å². The maximum atomic E-state index is 3.97. The zero-order chi connectivity index (χ0) is 10.5. The summed E-state index contributed by atoms with van der Waals surface area (Å²) in [6, 6.07) is 0. The van der Waals surface area contributed by atoms with Crippen LogP contribution in [-0.2, 0) is 20.1 Å². The van der Waals surface area contributed by atoms with Crippen molar-refractivity contribution in [1.82, 2.24) is 35.1 Å². The standard InChI is InChI=1S/C8H13N7/c1-14-7-11-12-8(14)6-9-2-4-15-5-3-10-13-15/h3,5,7,9H,2,4,6H2,1H3. The van der Waals surface area contributed by atoms with Gasteiger partial charge in [0.1, 0.15) is 12.2 Å². The van der Waals surface area contributed by atoms with Gasteiger partial charge in [-0.2, -0.15) is 0 Å². The molecule has 0 aliphatic heterocycles. The van der Waals surface area contributed by atoms with Gasteiger partial charge < -0.3 is 9.88 Å². The number of aryl methyl sites for hydroxylation is 1. The van der Waals surface area contributed by atoms with E-state index in [2.05, 4.69) is 25.8 Å². The summed E-state index contributed by atoms with van der Waals surface area (Å²) in [5, 5.41) is 18.6. The van der Waals surface area contributed by atoms with Gasteiger partial charge in [-0.1, -0.05) is 5.21 Å². The van der Waals surface area contributed by atoms with E-state index in [-0.39, 0.29) is 0 Å². The van der Waals surface area contributed by atoms with Gasteiger partial charge in [0.2, 0.25) is 0 Å². The first-order chi connectivity index (χ1) is 7.36. The number of hydrogen-bond donors (Lipinski definition) is 1. The second-order valence-electron chi connectivity index (χ2n) is 3.20. The fraction of sp³-hybridized carbons (Fsp3) is 0.500. The Balaban J connectivity index is 1.70. The summed E-state index contributed by atoms with van der Waals surface area (Å²) >= 11 is 0. The van der Waals surface area contributed by atoms with E-state index in [1.54, 1.807) is 17.2 Å². The highest BCUT2D eigenvalue weighted by Gasteiger charge is 1.98. The minimum atomic E-state index is 0.713. The molecule has 0 fully saturated rings. The van der Waals surface area contributed by atoms with Gasteiger partial charge in [-0.15, -0.1) is 15.3 Å². The molecule has 0 saturated carbocycles. The maximum absolute atomic E-state index is 3.97. The third kappa shape index (κ3) is 2.59. The molecule has 2 aromatic heterocycles. The van der Waals surface area contributed by atoms with Crippen molar-refractivity contribution in [3.63, 3.8) is 0 Å². The lowest BCUT2D eigenvalue weighted by molar-refractivity contribution is 0.529. The van der Waals surface area contributed by atoms with Gasteiger partial charge in [0.15, 0.2) is 0 Å². The Morgan fingerprint density at radius 3 is 3.00 bits per heavy atom. The molecule has 0 aromatic carbocycles. The Hall–Kier alpha value is -1.76. The second-order valence-corrected chi connectivity index (χ2v) is 3.20. The molecular formula is C8H13N7. The molecule has 2 rings (SSSR count). The molecule has 0 aliphatic carbocycles. The van der Waals surface area contributed by atoms with Crippen molar-refractivity contribution in [2.75, 3.05) is 6.54 Å². The third-order valence-corrected chi connectivity index (χ3v) is 2.08. The predicted octanol–water partition coefficient (Wildman–Crippen LogP) is -0.804. The lowest BCUT2D eigenvalue weighted by Crippen LogP contribution is -2.21. The first-order valence-corrected chi connectivity index (χ1v) is 4.74. The fourth-order valence-corrected chi connectivity index (χ4v) is 1.21. The maximum Gasteiger partial charge on any atom is 0.146 e. The average molecular weight is 207 g/mol. The third-order valence-electron chi connectivity index (χ3n) is 2.08. The van der Waals surface area contributed by atoms with Crippen LogP contribution >= 0.6 is 0 Å². The monoisotopic (exact) mass is 207 g/mol. The summed E-state index contributed by atoms with van der Waals surface area (Å²) < 4.78 is 3.67. The number of aromatic nitrogens is 6. The topological polar surface area (TPSA) is 73.5 Å². The van der Waals surface area contributed by atoms with Crippen LogP contribution in [0.4, 0.5) is 0 Å². The molecule has 0 bridgehead atoms. The van der Waals surface area contributed by atoms with Crippen LogP contribution in [-0.4, -0.2) is 36.3 Å². The highest BCUT2D eigenvalue weighted by molar-refractivity contribution is 4.82. The Kier molecular flexibility index (Phi) is 3.03. The fourth-order valence-electron chi connectivity index (χ4n) is 1.21. The lowest BCUT2D eigenvalue weighted by atomic mass is 10.5. The van der Waals surface area contributed by atoms with Crippen molar-refractivity contribution < 1.29 is 0 Å². The Morgan fingerprint density at radius 2 is 2.33 bits per heavy atom. The molecule has 0 radical (unpaired) electrons. The normalized spacial score (nSPS) is 10.7. The highest BCUT2D eigenvalue weighted by atomic mass is 15.4. The summed E-state index contributed by atoms with van der Waals surface area (Å²) in [6.45, 7) is 2.35. The Morgan fingerprint density at radius 1 is 1.40 bits per heavy atom. The van der Waals surface area contributed by atoms with Gasteiger partial charge in [0.25, 0.3) is 0 Å². The zero-order valence-electron chi connectivity index (χ0n) is 8.54. The van der Waals surface area contributed by atoms with Crippen LogP contribution in [0.1, 0.15) is 5.82 Å². The van der Waals surface area contributed by atoms with E-state index in [0.717, 1.165) is 18.9 Å². The van der Waals surface area contributed by atoms with Crippen LogP contribution < -0.4 is 5.32 Å². The molecule has 7 heteroatoms. The van der Waals surface area contributed by atoms with Crippen LogP contribution in [0, 0.1) is 0 Å². The highest BCUT2D eigenvalue weighted by Crippen LogP contribution is 1.89. The summed E-state index contributed by atoms with van der Waals surface area (Å²) in [5.74, 6) is 0.925. The van der Waals surface area contributed by atoms with E-state index in [0.29, 0.717) is 6.54 Å². The first-order valence-electron chi connectivity index (χ1n) is 4.74. The molecule has 0 amide bonds. The van der Waals surface area contributed by atoms with Gasteiger partial charge in [0.05, 0.1) is 19.3 Å². The first kappa shape index (κ1) is 9.78. The number of nitrogens with zero attached hydrogens (tertiary/aromatic N) is 6. The molecule has 0 atom stereocenters. The minimum absolute atomic E-state index is 0.713. The second kappa shape index (κ2) is 4.65. The molecule has 0 saturated heterocycles. The number of nitrogens with one attached hydrogen (secondary N) is 1. The van der Waals surface area contributed by atoms with Crippen LogP contribution in [0.15, 0.2) is 18.7 Å². The van der Waals surface area contributed by atoms with E-state index in [9.17, 15) is 0 Å². The number of rotatable bonds is 5. The molecule has 7 nitrogen and oxygen atoms in total. The molecule has 1 N–H and O–H groups in total. The number of hydrogen-bond acceptors (Lipinski definition) is 5. The largest absolute Gasteiger partial charge is 0.320 e. The molecule has 0 spiro atoms. The van der Waals surface area contributed by atoms with E-state index in [4.69, 9.17) is 0 Å². The van der Waals surface area contributed by atoms with Gasteiger partial charge in [-0.05, 0) is 0 Å². The van der Waals surface area contributed by atoms with Crippen molar-refractivity contribution >= 4 is 0 Å². The van der Waals surface area contributed by atoms with Crippen LogP contribution in [0.5, 0.6) is 0 Å². The van der Waals surface area contributed by atoms with Gasteiger partial charge in [-0.25, -0.2) is 0 Å². The van der Waals surface area contributed by atoms with Gasteiger partial charge in [0, 0.05) is 19.8 Å². The lowest BCUT2D eigenvalue weighted by Gasteiger charge is -2.03. The predicted molar refractivity (Wildman–Crippen MR) is 52.7 cm³/mol. The van der Waals surface area contributed by atoms with Gasteiger partial charge >= 0.3 is 0 Å². The average Bonchev–Trinajstić information content (AvgIpc) is 2.85. The molecule has 0 aliphatic rings. The Labute approximate surface area is 87.1 Å². The smallest absolute Gasteiger partial charge is 0.146 e. The van der Waals surface area contributed by atoms with E-state index in [1.807, 2.05) is 17.8 Å². The van der Waals surface area contributed by atoms with Crippen molar-refractivity contribution in [3.8, 4) is 0 Å². The van der Waals surface area contributed by atoms with Crippen LogP contribution in [0.3, 0.4) is 0 Å². The quantitative estimate of drug-likeness (QED) is 0.649. The molecule has 2 heterocycles. The van der Waals surface area contributed by atoms with Crippen molar-refractivity contribution in [2.45, 2.75) is 13.1 Å². The van der Waals surface area contributed by atoms with Crippen molar-refractivity contribution in [3.05, 3.63) is 24.5 Å². The Bertz CT molecular complexity index is 391. The summed E-state index contributed by atoms with van der Waals surface area (Å²) in [7, 11) is 1.93. The van der Waals surface area contributed by atoms with Crippen molar-refractivity contribution in [2.24, 2.45) is 7.05 Å². The summed E-state index contributed by atoms with van der Waals surface area (Å²) in [4.78, 5) is 0. The molecular weight excluding hydrogens is 194 g/mol. The SMILES string of the molecule is Cn1cnnc1CNCCn1ccnn1. The summed E-state index contributed by atoms with van der Waals surface area (Å²) in [5.41, 5.74) is 0. The van der Waals surface area contributed by atoms with E-state index >= 15 is 0 Å². The molecule has 80 valence electrons. The van der Waals surface area contributed by atoms with E-state index < -0.39 is 0 Å². The minimum Gasteiger partial charge on any atom is -0.320 e. The molecule has 15 heavy (non-hydrogen) atoms. The van der Waals surface area contributed by atoms with Gasteiger partial charge in [-0.3, -0.25) is 4.68 Å². The van der Waals surface area contributed by atoms with Crippen LogP contribution in [0.25, 0.3) is 0 Å². The van der Waals surface area contributed by atoms with Crippen molar-refractivity contribution in [1.29, 1.82) is 0 Å².